The largest absolute Gasteiger partial charge is 0.396 e. The van der Waals surface area contributed by atoms with Gasteiger partial charge >= 0.3 is 0 Å². The minimum absolute atomic E-state index is 0.216. The molecule has 2 heterocycles. The second-order valence-corrected chi connectivity index (χ2v) is 5.24. The van der Waals surface area contributed by atoms with E-state index in [-0.39, 0.29) is 6.61 Å². The van der Waals surface area contributed by atoms with E-state index in [0.717, 1.165) is 35.4 Å². The Morgan fingerprint density at radius 3 is 3.00 bits per heavy atom. The molecular formula is C12H19N5OS. The molecule has 1 unspecified atom stereocenters. The highest BCUT2D eigenvalue weighted by Crippen LogP contribution is 2.26. The number of nitrogens with one attached hydrogen (secondary N) is 2. The molecule has 2 rings (SSSR count). The van der Waals surface area contributed by atoms with Crippen LogP contribution in [-0.2, 0) is 0 Å². The van der Waals surface area contributed by atoms with Gasteiger partial charge in [-0.2, -0.15) is 4.98 Å². The molecule has 0 saturated heterocycles. The predicted molar refractivity (Wildman–Crippen MR) is 79.2 cm³/mol. The fraction of sp³-hybridized carbons (Fsp3) is 0.500. The van der Waals surface area contributed by atoms with Gasteiger partial charge < -0.3 is 10.4 Å². The van der Waals surface area contributed by atoms with Crippen molar-refractivity contribution in [2.75, 3.05) is 23.9 Å². The minimum Gasteiger partial charge on any atom is -0.396 e. The predicted octanol–water partition coefficient (Wildman–Crippen LogP) is 1.80. The first-order chi connectivity index (χ1) is 9.28. The number of nitrogen functional groups attached to an aromatic ring is 1. The van der Waals surface area contributed by atoms with E-state index in [9.17, 15) is 0 Å². The van der Waals surface area contributed by atoms with Crippen LogP contribution < -0.4 is 16.6 Å². The van der Waals surface area contributed by atoms with Crippen LogP contribution in [0.5, 0.6) is 0 Å². The van der Waals surface area contributed by atoms with Gasteiger partial charge in [-0.05, 0) is 23.8 Å². The van der Waals surface area contributed by atoms with Crippen molar-refractivity contribution < 1.29 is 5.11 Å². The van der Waals surface area contributed by atoms with Gasteiger partial charge in [0.05, 0.1) is 5.39 Å². The normalized spacial score (nSPS) is 12.6. The molecule has 0 radical (unpaired) electrons. The summed E-state index contributed by atoms with van der Waals surface area (Å²) in [6.07, 6.45) is 1.82. The smallest absolute Gasteiger partial charge is 0.240 e. The van der Waals surface area contributed by atoms with Crippen molar-refractivity contribution in [1.82, 2.24) is 9.97 Å². The molecule has 7 heteroatoms. The highest BCUT2D eigenvalue weighted by atomic mass is 32.1. The summed E-state index contributed by atoms with van der Waals surface area (Å²) in [5, 5.41) is 15.3. The third-order valence-corrected chi connectivity index (χ3v) is 3.93. The van der Waals surface area contributed by atoms with E-state index in [4.69, 9.17) is 10.9 Å². The first kappa shape index (κ1) is 14.0. The van der Waals surface area contributed by atoms with Gasteiger partial charge in [-0.1, -0.05) is 13.3 Å². The van der Waals surface area contributed by atoms with Crippen LogP contribution in [0.4, 0.5) is 11.8 Å². The van der Waals surface area contributed by atoms with E-state index in [1.54, 1.807) is 11.3 Å². The van der Waals surface area contributed by atoms with Gasteiger partial charge in [-0.15, -0.1) is 11.3 Å². The monoisotopic (exact) mass is 281 g/mol. The summed E-state index contributed by atoms with van der Waals surface area (Å²) in [7, 11) is 0. The quantitative estimate of drug-likeness (QED) is 0.456. The van der Waals surface area contributed by atoms with Gasteiger partial charge in [0.15, 0.2) is 0 Å². The second-order valence-electron chi connectivity index (χ2n) is 4.35. The average molecular weight is 281 g/mol. The molecule has 0 spiro atoms. The highest BCUT2D eigenvalue weighted by molar-refractivity contribution is 7.16. The number of rotatable bonds is 7. The molecule has 0 bridgehead atoms. The number of hydrogen-bond donors (Lipinski definition) is 4. The van der Waals surface area contributed by atoms with Crippen molar-refractivity contribution in [3.63, 3.8) is 0 Å². The number of nitrogens with zero attached hydrogens (tertiary/aromatic N) is 2. The number of hydrazine groups is 1. The lowest BCUT2D eigenvalue weighted by atomic mass is 10.0. The van der Waals surface area contributed by atoms with Crippen LogP contribution in [0.25, 0.3) is 10.2 Å². The molecule has 1 atom stereocenters. The number of aliphatic hydroxyl groups excluding tert-OH is 1. The Balaban J connectivity index is 2.16. The molecule has 0 saturated carbocycles. The molecule has 0 amide bonds. The van der Waals surface area contributed by atoms with E-state index in [0.29, 0.717) is 11.9 Å². The molecular weight excluding hydrogens is 262 g/mol. The Bertz CT molecular complexity index is 530. The lowest BCUT2D eigenvalue weighted by molar-refractivity contribution is 0.258. The zero-order valence-electron chi connectivity index (χ0n) is 10.9. The van der Waals surface area contributed by atoms with Crippen LogP contribution in [-0.4, -0.2) is 28.2 Å². The van der Waals surface area contributed by atoms with Crippen molar-refractivity contribution in [2.45, 2.75) is 19.8 Å². The first-order valence-corrected chi connectivity index (χ1v) is 7.23. The molecule has 19 heavy (non-hydrogen) atoms. The van der Waals surface area contributed by atoms with Crippen LogP contribution in [0.1, 0.15) is 19.8 Å². The second kappa shape index (κ2) is 6.65. The van der Waals surface area contributed by atoms with Gasteiger partial charge in [0.25, 0.3) is 0 Å². The molecule has 0 aliphatic carbocycles. The van der Waals surface area contributed by atoms with Gasteiger partial charge in [0.2, 0.25) is 5.95 Å². The third kappa shape index (κ3) is 3.31. The molecule has 104 valence electrons. The Hall–Kier alpha value is -1.44. The standard InChI is InChI=1S/C12H19N5OS/c1-2-8(3-5-18)7-14-10-9-4-6-19-11(9)16-12(15-10)17-13/h4,6,8,18H,2-3,5,7,13H2,1H3,(H2,14,15,16,17). The topological polar surface area (TPSA) is 96.1 Å². The fourth-order valence-electron chi connectivity index (χ4n) is 1.93. The van der Waals surface area contributed by atoms with Crippen LogP contribution in [0.15, 0.2) is 11.4 Å². The molecule has 0 aliphatic heterocycles. The highest BCUT2D eigenvalue weighted by Gasteiger charge is 2.10. The van der Waals surface area contributed by atoms with Crippen molar-refractivity contribution in [3.8, 4) is 0 Å². The van der Waals surface area contributed by atoms with Gasteiger partial charge in [-0.25, -0.2) is 10.8 Å². The van der Waals surface area contributed by atoms with Crippen LogP contribution in [0.3, 0.4) is 0 Å². The average Bonchev–Trinajstić information content (AvgIpc) is 2.91. The fourth-order valence-corrected chi connectivity index (χ4v) is 2.69. The van der Waals surface area contributed by atoms with E-state index in [2.05, 4.69) is 27.6 Å². The summed E-state index contributed by atoms with van der Waals surface area (Å²) in [4.78, 5) is 9.54. The lowest BCUT2D eigenvalue weighted by Gasteiger charge is -2.15. The molecule has 6 nitrogen and oxygen atoms in total. The number of hydrogen-bond acceptors (Lipinski definition) is 7. The molecule has 0 aromatic carbocycles. The van der Waals surface area contributed by atoms with Gasteiger partial charge in [0.1, 0.15) is 10.6 Å². The van der Waals surface area contributed by atoms with Crippen molar-refractivity contribution >= 4 is 33.3 Å². The number of aromatic nitrogens is 2. The summed E-state index contributed by atoms with van der Waals surface area (Å²) in [5.74, 6) is 7.01. The van der Waals surface area contributed by atoms with E-state index in [1.165, 1.54) is 0 Å². The summed E-state index contributed by atoms with van der Waals surface area (Å²) in [6.45, 7) is 3.12. The maximum absolute atomic E-state index is 9.01. The minimum atomic E-state index is 0.216. The number of fused-ring (bicyclic) bond motifs is 1. The van der Waals surface area contributed by atoms with Gasteiger partial charge in [0, 0.05) is 13.2 Å². The maximum atomic E-state index is 9.01. The van der Waals surface area contributed by atoms with Crippen molar-refractivity contribution in [3.05, 3.63) is 11.4 Å². The first-order valence-electron chi connectivity index (χ1n) is 6.35. The summed E-state index contributed by atoms with van der Waals surface area (Å²) >= 11 is 1.55. The third-order valence-electron chi connectivity index (χ3n) is 3.13. The SMILES string of the molecule is CCC(CCO)CNc1nc(NN)nc2sccc12. The number of anilines is 2. The van der Waals surface area contributed by atoms with Crippen LogP contribution >= 0.6 is 11.3 Å². The molecule has 0 fully saturated rings. The zero-order chi connectivity index (χ0) is 13.7. The Kier molecular flexibility index (Phi) is 4.89. The molecule has 0 aliphatic rings. The zero-order valence-corrected chi connectivity index (χ0v) is 11.7. The lowest BCUT2D eigenvalue weighted by Crippen LogP contribution is -2.17. The summed E-state index contributed by atoms with van der Waals surface area (Å²) < 4.78 is 0. The molecule has 2 aromatic heterocycles. The molecule has 2 aromatic rings. The van der Waals surface area contributed by atoms with Gasteiger partial charge in [-0.3, -0.25) is 5.43 Å². The molecule has 5 N–H and O–H groups in total. The van der Waals surface area contributed by atoms with E-state index in [1.807, 2.05) is 11.4 Å². The number of thiophene rings is 1. The summed E-state index contributed by atoms with van der Waals surface area (Å²) in [5.41, 5.74) is 2.48. The summed E-state index contributed by atoms with van der Waals surface area (Å²) in [6, 6.07) is 2.00. The van der Waals surface area contributed by atoms with Crippen LogP contribution in [0.2, 0.25) is 0 Å². The Morgan fingerprint density at radius 1 is 1.47 bits per heavy atom. The van der Waals surface area contributed by atoms with Crippen molar-refractivity contribution in [1.29, 1.82) is 0 Å². The maximum Gasteiger partial charge on any atom is 0.240 e. The number of aliphatic hydroxyl groups is 1. The Labute approximate surface area is 116 Å². The van der Waals surface area contributed by atoms with Crippen LogP contribution in [0, 0.1) is 5.92 Å². The van der Waals surface area contributed by atoms with E-state index < -0.39 is 0 Å². The van der Waals surface area contributed by atoms with Crippen molar-refractivity contribution in [2.24, 2.45) is 11.8 Å². The number of nitrogens with two attached hydrogens (primary N) is 1. The Morgan fingerprint density at radius 2 is 2.32 bits per heavy atom. The van der Waals surface area contributed by atoms with E-state index >= 15 is 0 Å².